The van der Waals surface area contributed by atoms with E-state index in [1.54, 1.807) is 6.92 Å². The maximum atomic E-state index is 11.6. The third kappa shape index (κ3) is 4.72. The van der Waals surface area contributed by atoms with Crippen molar-refractivity contribution in [2.75, 3.05) is 6.61 Å². The molecule has 1 aromatic carbocycles. The molecule has 4 heteroatoms. The van der Waals surface area contributed by atoms with Crippen LogP contribution in [-0.2, 0) is 14.3 Å². The largest absolute Gasteiger partial charge is 0.477 e. The van der Waals surface area contributed by atoms with Crippen molar-refractivity contribution in [2.45, 2.75) is 20.3 Å². The van der Waals surface area contributed by atoms with Gasteiger partial charge < -0.3 is 9.84 Å². The number of allylic oxidation sites excluding steroid dienone is 2. The lowest BCUT2D eigenvalue weighted by Gasteiger charge is -2.04. The Morgan fingerprint density at radius 2 is 1.85 bits per heavy atom. The fourth-order valence-corrected chi connectivity index (χ4v) is 1.61. The van der Waals surface area contributed by atoms with E-state index >= 15 is 0 Å². The van der Waals surface area contributed by atoms with E-state index in [9.17, 15) is 9.59 Å². The van der Waals surface area contributed by atoms with Gasteiger partial charge in [0.2, 0.25) is 0 Å². The summed E-state index contributed by atoms with van der Waals surface area (Å²) in [5, 5.41) is 9.08. The van der Waals surface area contributed by atoms with Gasteiger partial charge in [0.15, 0.2) is 0 Å². The zero-order valence-corrected chi connectivity index (χ0v) is 11.6. The first-order chi connectivity index (χ1) is 9.58. The molecule has 0 saturated carbocycles. The lowest BCUT2D eigenvalue weighted by atomic mass is 10.1. The van der Waals surface area contributed by atoms with Crippen LogP contribution in [0.1, 0.15) is 25.8 Å². The molecule has 0 bridgehead atoms. The second kappa shape index (κ2) is 7.94. The van der Waals surface area contributed by atoms with Crippen LogP contribution in [0.4, 0.5) is 0 Å². The number of carbonyl (C=O) groups is 2. The maximum absolute atomic E-state index is 11.6. The van der Waals surface area contributed by atoms with Crippen LogP contribution in [-0.4, -0.2) is 23.7 Å². The third-order valence-electron chi connectivity index (χ3n) is 2.62. The molecule has 0 aliphatic carbocycles. The third-order valence-corrected chi connectivity index (χ3v) is 2.62. The van der Waals surface area contributed by atoms with Crippen LogP contribution in [0, 0.1) is 0 Å². The first-order valence-electron chi connectivity index (χ1n) is 6.46. The Morgan fingerprint density at radius 3 is 2.35 bits per heavy atom. The molecule has 1 N–H and O–H groups in total. The first kappa shape index (κ1) is 15.7. The van der Waals surface area contributed by atoms with E-state index in [0.29, 0.717) is 6.42 Å². The zero-order valence-electron chi connectivity index (χ0n) is 11.6. The Morgan fingerprint density at radius 1 is 1.20 bits per heavy atom. The highest BCUT2D eigenvalue weighted by Gasteiger charge is 2.18. The van der Waals surface area contributed by atoms with Gasteiger partial charge in [-0.05, 0) is 30.6 Å². The molecule has 1 rings (SSSR count). The molecule has 0 aliphatic rings. The maximum Gasteiger partial charge on any atom is 0.345 e. The Labute approximate surface area is 118 Å². The topological polar surface area (TPSA) is 63.6 Å². The zero-order chi connectivity index (χ0) is 15.0. The molecule has 0 heterocycles. The summed E-state index contributed by atoms with van der Waals surface area (Å²) in [6, 6.07) is 9.52. The Kier molecular flexibility index (Phi) is 6.23. The second-order valence-corrected chi connectivity index (χ2v) is 4.07. The van der Waals surface area contributed by atoms with E-state index in [2.05, 4.69) is 0 Å². The van der Waals surface area contributed by atoms with E-state index in [0.717, 1.165) is 11.1 Å². The summed E-state index contributed by atoms with van der Waals surface area (Å²) < 4.78 is 4.75. The molecular weight excluding hydrogens is 256 g/mol. The number of esters is 1. The molecule has 0 aliphatic heterocycles. The average molecular weight is 274 g/mol. The summed E-state index contributed by atoms with van der Waals surface area (Å²) in [5.41, 5.74) is 1.35. The molecule has 1 aromatic rings. The molecule has 4 nitrogen and oxygen atoms in total. The molecule has 0 unspecified atom stereocenters. The standard InChI is InChI=1S/C16H18O4/c1-3-12(10-13-8-6-5-7-9-13)11-14(15(17)18)16(19)20-4-2/h5-11H,3-4H2,1-2H3,(H,17,18)/b12-10-,14-11-. The summed E-state index contributed by atoms with van der Waals surface area (Å²) in [4.78, 5) is 22.7. The number of hydrogen-bond acceptors (Lipinski definition) is 3. The van der Waals surface area contributed by atoms with Crippen molar-refractivity contribution in [3.05, 3.63) is 53.1 Å². The summed E-state index contributed by atoms with van der Waals surface area (Å²) >= 11 is 0. The van der Waals surface area contributed by atoms with Crippen LogP contribution in [0.15, 0.2) is 47.6 Å². The number of aliphatic carboxylic acids is 1. The van der Waals surface area contributed by atoms with Gasteiger partial charge in [-0.3, -0.25) is 0 Å². The summed E-state index contributed by atoms with van der Waals surface area (Å²) in [5.74, 6) is -2.09. The number of carboxylic acid groups (broad SMARTS) is 1. The molecule has 0 spiro atoms. The smallest absolute Gasteiger partial charge is 0.345 e. The molecule has 106 valence electrons. The van der Waals surface area contributed by atoms with Gasteiger partial charge >= 0.3 is 11.9 Å². The summed E-state index contributed by atoms with van der Waals surface area (Å²) in [7, 11) is 0. The normalized spacial score (nSPS) is 12.1. The lowest BCUT2D eigenvalue weighted by Crippen LogP contribution is -2.15. The predicted octanol–water partition coefficient (Wildman–Crippen LogP) is 3.05. The van der Waals surface area contributed by atoms with E-state index in [4.69, 9.17) is 9.84 Å². The van der Waals surface area contributed by atoms with Gasteiger partial charge in [-0.2, -0.15) is 0 Å². The van der Waals surface area contributed by atoms with Gasteiger partial charge in [0.05, 0.1) is 6.61 Å². The van der Waals surface area contributed by atoms with Crippen molar-refractivity contribution in [3.8, 4) is 0 Å². The highest BCUT2D eigenvalue weighted by molar-refractivity contribution is 6.13. The van der Waals surface area contributed by atoms with Crippen LogP contribution in [0.2, 0.25) is 0 Å². The minimum absolute atomic E-state index is 0.146. The van der Waals surface area contributed by atoms with E-state index < -0.39 is 11.9 Å². The lowest BCUT2D eigenvalue weighted by molar-refractivity contribution is -0.143. The number of carboxylic acids is 1. The molecular formula is C16H18O4. The van der Waals surface area contributed by atoms with Gasteiger partial charge in [-0.1, -0.05) is 43.3 Å². The van der Waals surface area contributed by atoms with Crippen molar-refractivity contribution >= 4 is 18.0 Å². The minimum atomic E-state index is -1.28. The van der Waals surface area contributed by atoms with Crippen molar-refractivity contribution < 1.29 is 19.4 Å². The van der Waals surface area contributed by atoms with E-state index in [1.165, 1.54) is 6.08 Å². The van der Waals surface area contributed by atoms with E-state index in [-0.39, 0.29) is 12.2 Å². The molecule has 0 atom stereocenters. The van der Waals surface area contributed by atoms with Crippen LogP contribution in [0.25, 0.3) is 6.08 Å². The average Bonchev–Trinajstić information content (AvgIpc) is 2.44. The van der Waals surface area contributed by atoms with Crippen LogP contribution >= 0.6 is 0 Å². The summed E-state index contributed by atoms with van der Waals surface area (Å²) in [6.45, 7) is 3.68. The minimum Gasteiger partial charge on any atom is -0.477 e. The molecule has 0 amide bonds. The Bertz CT molecular complexity index is 527. The van der Waals surface area contributed by atoms with Crippen molar-refractivity contribution in [1.82, 2.24) is 0 Å². The quantitative estimate of drug-likeness (QED) is 0.285. The van der Waals surface area contributed by atoms with Gasteiger partial charge in [0.25, 0.3) is 0 Å². The molecule has 20 heavy (non-hydrogen) atoms. The van der Waals surface area contributed by atoms with E-state index in [1.807, 2.05) is 43.3 Å². The van der Waals surface area contributed by atoms with Gasteiger partial charge in [0.1, 0.15) is 5.57 Å². The number of rotatable bonds is 6. The number of ether oxygens (including phenoxy) is 1. The molecule has 0 saturated heterocycles. The van der Waals surface area contributed by atoms with Crippen molar-refractivity contribution in [2.24, 2.45) is 0 Å². The highest BCUT2D eigenvalue weighted by Crippen LogP contribution is 2.14. The fraction of sp³-hybridized carbons (Fsp3) is 0.250. The van der Waals surface area contributed by atoms with Gasteiger partial charge in [0, 0.05) is 0 Å². The molecule has 0 radical (unpaired) electrons. The number of carbonyl (C=O) groups excluding carboxylic acids is 1. The Balaban J connectivity index is 3.09. The Hall–Kier alpha value is -2.36. The predicted molar refractivity (Wildman–Crippen MR) is 77.1 cm³/mol. The van der Waals surface area contributed by atoms with Crippen LogP contribution in [0.5, 0.6) is 0 Å². The molecule has 0 aromatic heterocycles. The highest BCUT2D eigenvalue weighted by atomic mass is 16.5. The SMILES string of the molecule is CCOC(=O)/C(=C\C(=C/c1ccccc1)CC)C(=O)O. The molecule has 0 fully saturated rings. The first-order valence-corrected chi connectivity index (χ1v) is 6.46. The number of hydrogen-bond donors (Lipinski definition) is 1. The van der Waals surface area contributed by atoms with Crippen LogP contribution < -0.4 is 0 Å². The van der Waals surface area contributed by atoms with Crippen molar-refractivity contribution in [1.29, 1.82) is 0 Å². The van der Waals surface area contributed by atoms with Crippen LogP contribution in [0.3, 0.4) is 0 Å². The summed E-state index contributed by atoms with van der Waals surface area (Å²) in [6.07, 6.45) is 3.83. The van der Waals surface area contributed by atoms with Gasteiger partial charge in [-0.25, -0.2) is 9.59 Å². The second-order valence-electron chi connectivity index (χ2n) is 4.07. The van der Waals surface area contributed by atoms with Gasteiger partial charge in [-0.15, -0.1) is 0 Å². The van der Waals surface area contributed by atoms with Crippen molar-refractivity contribution in [3.63, 3.8) is 0 Å². The number of benzene rings is 1. The fourth-order valence-electron chi connectivity index (χ4n) is 1.61. The monoisotopic (exact) mass is 274 g/mol.